The Hall–Kier alpha value is -0.320. The first-order valence-corrected chi connectivity index (χ1v) is 7.23. The number of hydrogen-bond donors (Lipinski definition) is 2. The van der Waals surface area contributed by atoms with Gasteiger partial charge in [-0.05, 0) is 25.2 Å². The van der Waals surface area contributed by atoms with Crippen LogP contribution in [0.15, 0.2) is 0 Å². The molecule has 3 unspecified atom stereocenters. The Balaban J connectivity index is 0.00000324. The molecule has 5 heteroatoms. The highest BCUT2D eigenvalue weighted by Crippen LogP contribution is 2.29. The van der Waals surface area contributed by atoms with Crippen molar-refractivity contribution in [1.82, 2.24) is 5.32 Å². The Kier molecular flexibility index (Phi) is 10.3. The van der Waals surface area contributed by atoms with Crippen LogP contribution in [-0.4, -0.2) is 31.7 Å². The number of methoxy groups -OCH3 is 1. The van der Waals surface area contributed by atoms with Crippen molar-refractivity contribution in [1.29, 1.82) is 0 Å². The van der Waals surface area contributed by atoms with Crippen LogP contribution >= 0.6 is 12.4 Å². The van der Waals surface area contributed by atoms with Crippen molar-refractivity contribution in [3.8, 4) is 0 Å². The molecule has 0 radical (unpaired) electrons. The zero-order chi connectivity index (χ0) is 13.4. The van der Waals surface area contributed by atoms with Crippen molar-refractivity contribution in [3.05, 3.63) is 0 Å². The number of hydrogen-bond acceptors (Lipinski definition) is 3. The molecular formula is C14H29ClN2O2. The molecule has 0 aromatic carbocycles. The van der Waals surface area contributed by atoms with E-state index in [1.165, 1.54) is 32.1 Å². The molecule has 114 valence electrons. The summed E-state index contributed by atoms with van der Waals surface area (Å²) < 4.78 is 5.14. The predicted molar refractivity (Wildman–Crippen MR) is 80.5 cm³/mol. The van der Waals surface area contributed by atoms with Crippen LogP contribution < -0.4 is 11.1 Å². The normalized spacial score (nSPS) is 23.7. The second-order valence-electron chi connectivity index (χ2n) is 5.30. The molecule has 1 amide bonds. The molecule has 0 bridgehead atoms. The van der Waals surface area contributed by atoms with Gasteiger partial charge in [0.25, 0.3) is 0 Å². The number of nitrogens with one attached hydrogen (secondary N) is 1. The molecule has 0 aromatic heterocycles. The molecule has 0 heterocycles. The van der Waals surface area contributed by atoms with E-state index in [0.717, 1.165) is 6.42 Å². The van der Waals surface area contributed by atoms with Gasteiger partial charge in [-0.3, -0.25) is 4.79 Å². The van der Waals surface area contributed by atoms with Crippen LogP contribution in [0.5, 0.6) is 0 Å². The van der Waals surface area contributed by atoms with Gasteiger partial charge in [0.2, 0.25) is 5.91 Å². The maximum atomic E-state index is 11.9. The van der Waals surface area contributed by atoms with Gasteiger partial charge in [0.05, 0.1) is 12.5 Å². The lowest BCUT2D eigenvalue weighted by atomic mass is 9.96. The molecular weight excluding hydrogens is 264 g/mol. The largest absolute Gasteiger partial charge is 0.380 e. The Morgan fingerprint density at radius 2 is 2.21 bits per heavy atom. The highest BCUT2D eigenvalue weighted by atomic mass is 35.5. The van der Waals surface area contributed by atoms with E-state index in [2.05, 4.69) is 12.2 Å². The molecule has 1 aliphatic rings. The lowest BCUT2D eigenvalue weighted by Gasteiger charge is -2.22. The van der Waals surface area contributed by atoms with Gasteiger partial charge in [0.15, 0.2) is 0 Å². The summed E-state index contributed by atoms with van der Waals surface area (Å²) in [7, 11) is 1.60. The zero-order valence-corrected chi connectivity index (χ0v) is 13.0. The van der Waals surface area contributed by atoms with E-state index < -0.39 is 0 Å². The third-order valence-corrected chi connectivity index (χ3v) is 3.94. The fourth-order valence-corrected chi connectivity index (χ4v) is 2.77. The van der Waals surface area contributed by atoms with Gasteiger partial charge in [-0.25, -0.2) is 0 Å². The quantitative estimate of drug-likeness (QED) is 0.721. The molecule has 3 atom stereocenters. The summed E-state index contributed by atoms with van der Waals surface area (Å²) >= 11 is 0. The number of carbonyl (C=O) groups excluding carboxylic acids is 1. The maximum absolute atomic E-state index is 11.9. The third kappa shape index (κ3) is 6.59. The van der Waals surface area contributed by atoms with Crippen LogP contribution in [0.25, 0.3) is 0 Å². The summed E-state index contributed by atoms with van der Waals surface area (Å²) in [6, 6.07) is 0.374. The number of rotatable bonds is 8. The number of carbonyl (C=O) groups is 1. The first-order valence-electron chi connectivity index (χ1n) is 7.23. The molecule has 1 fully saturated rings. The minimum Gasteiger partial charge on any atom is -0.380 e. The van der Waals surface area contributed by atoms with E-state index in [4.69, 9.17) is 10.5 Å². The van der Waals surface area contributed by atoms with Crippen molar-refractivity contribution in [2.24, 2.45) is 11.7 Å². The first kappa shape index (κ1) is 18.7. The number of unbranched alkanes of at least 4 members (excludes halogenated alkanes) is 1. The number of ether oxygens (including phenoxy) is 1. The van der Waals surface area contributed by atoms with Crippen molar-refractivity contribution >= 4 is 18.3 Å². The van der Waals surface area contributed by atoms with Crippen molar-refractivity contribution in [3.63, 3.8) is 0 Å². The Morgan fingerprint density at radius 1 is 1.47 bits per heavy atom. The SMILES string of the molecule is CCCCC1CCCC1NC(=O)CC(CN)OC.Cl. The first-order chi connectivity index (χ1) is 8.71. The van der Waals surface area contributed by atoms with Crippen LogP contribution in [0.4, 0.5) is 0 Å². The van der Waals surface area contributed by atoms with Gasteiger partial charge in [0, 0.05) is 19.7 Å². The highest BCUT2D eigenvalue weighted by Gasteiger charge is 2.28. The lowest BCUT2D eigenvalue weighted by Crippen LogP contribution is -2.40. The molecule has 0 spiro atoms. The van der Waals surface area contributed by atoms with E-state index in [0.29, 0.717) is 24.9 Å². The molecule has 1 rings (SSSR count). The highest BCUT2D eigenvalue weighted by molar-refractivity contribution is 5.85. The zero-order valence-electron chi connectivity index (χ0n) is 12.2. The summed E-state index contributed by atoms with van der Waals surface area (Å²) in [5, 5.41) is 3.16. The van der Waals surface area contributed by atoms with Crippen LogP contribution in [0.2, 0.25) is 0 Å². The topological polar surface area (TPSA) is 64.4 Å². The molecule has 0 aromatic rings. The Bertz CT molecular complexity index is 248. The van der Waals surface area contributed by atoms with Crippen LogP contribution in [0.3, 0.4) is 0 Å². The van der Waals surface area contributed by atoms with Crippen LogP contribution in [-0.2, 0) is 9.53 Å². The average molecular weight is 293 g/mol. The summed E-state index contributed by atoms with van der Waals surface area (Å²) in [5.74, 6) is 0.758. The van der Waals surface area contributed by atoms with Crippen molar-refractivity contribution < 1.29 is 9.53 Å². The van der Waals surface area contributed by atoms with Gasteiger partial charge in [0.1, 0.15) is 0 Å². The van der Waals surface area contributed by atoms with E-state index >= 15 is 0 Å². The fraction of sp³-hybridized carbons (Fsp3) is 0.929. The second-order valence-corrected chi connectivity index (χ2v) is 5.30. The van der Waals surface area contributed by atoms with Crippen molar-refractivity contribution in [2.75, 3.05) is 13.7 Å². The Labute approximate surface area is 123 Å². The van der Waals surface area contributed by atoms with Gasteiger partial charge in [-0.2, -0.15) is 0 Å². The van der Waals surface area contributed by atoms with E-state index in [1.807, 2.05) is 0 Å². The van der Waals surface area contributed by atoms with E-state index in [-0.39, 0.29) is 24.4 Å². The van der Waals surface area contributed by atoms with Crippen LogP contribution in [0.1, 0.15) is 51.9 Å². The summed E-state index contributed by atoms with van der Waals surface area (Å²) in [6.07, 6.45) is 7.59. The van der Waals surface area contributed by atoms with Gasteiger partial charge in [-0.15, -0.1) is 12.4 Å². The molecule has 19 heavy (non-hydrogen) atoms. The van der Waals surface area contributed by atoms with Gasteiger partial charge < -0.3 is 15.8 Å². The number of halogens is 1. The molecule has 0 aliphatic heterocycles. The molecule has 0 saturated heterocycles. The number of amides is 1. The van der Waals surface area contributed by atoms with E-state index in [1.54, 1.807) is 7.11 Å². The Morgan fingerprint density at radius 3 is 2.79 bits per heavy atom. The molecule has 3 N–H and O–H groups in total. The van der Waals surface area contributed by atoms with Crippen molar-refractivity contribution in [2.45, 2.75) is 64.0 Å². The maximum Gasteiger partial charge on any atom is 0.222 e. The molecule has 1 saturated carbocycles. The monoisotopic (exact) mass is 292 g/mol. The standard InChI is InChI=1S/C14H28N2O2.ClH/c1-3-4-6-11-7-5-8-13(11)16-14(17)9-12(10-15)18-2;/h11-13H,3-10,15H2,1-2H3,(H,16,17);1H. The van der Waals surface area contributed by atoms with Crippen LogP contribution in [0, 0.1) is 5.92 Å². The smallest absolute Gasteiger partial charge is 0.222 e. The predicted octanol–water partition coefficient (Wildman–Crippen LogP) is 2.25. The number of nitrogens with two attached hydrogens (primary N) is 1. The summed E-state index contributed by atoms with van der Waals surface area (Å²) in [5.41, 5.74) is 5.53. The average Bonchev–Trinajstić information content (AvgIpc) is 2.80. The van der Waals surface area contributed by atoms with E-state index in [9.17, 15) is 4.79 Å². The molecule has 1 aliphatic carbocycles. The second kappa shape index (κ2) is 10.5. The summed E-state index contributed by atoms with van der Waals surface area (Å²) in [6.45, 7) is 2.61. The minimum atomic E-state index is -0.152. The summed E-state index contributed by atoms with van der Waals surface area (Å²) in [4.78, 5) is 11.9. The fourth-order valence-electron chi connectivity index (χ4n) is 2.77. The molecule has 4 nitrogen and oxygen atoms in total. The van der Waals surface area contributed by atoms with Gasteiger partial charge in [-0.1, -0.05) is 26.2 Å². The lowest BCUT2D eigenvalue weighted by molar-refractivity contribution is -0.124. The minimum absolute atomic E-state index is 0. The van der Waals surface area contributed by atoms with Gasteiger partial charge >= 0.3 is 0 Å². The third-order valence-electron chi connectivity index (χ3n) is 3.94.